The summed E-state index contributed by atoms with van der Waals surface area (Å²) < 4.78 is 59.0. The van der Waals surface area contributed by atoms with Crippen molar-refractivity contribution in [1.29, 1.82) is 0 Å². The summed E-state index contributed by atoms with van der Waals surface area (Å²) in [4.78, 5) is 13.4. The van der Waals surface area contributed by atoms with Gasteiger partial charge in [-0.1, -0.05) is 12.1 Å². The van der Waals surface area contributed by atoms with Crippen LogP contribution in [0, 0.1) is 11.6 Å². The van der Waals surface area contributed by atoms with Gasteiger partial charge in [0.25, 0.3) is 5.91 Å². The van der Waals surface area contributed by atoms with E-state index in [1.54, 1.807) is 0 Å². The molecule has 1 amide bonds. The minimum atomic E-state index is -3.96. The third-order valence-corrected chi connectivity index (χ3v) is 6.84. The number of sulfonamides is 1. The highest BCUT2D eigenvalue weighted by Crippen LogP contribution is 2.25. The Bertz CT molecular complexity index is 979. The lowest BCUT2D eigenvalue weighted by Crippen LogP contribution is -2.51. The highest BCUT2D eigenvalue weighted by atomic mass is 79.9. The van der Waals surface area contributed by atoms with E-state index in [4.69, 9.17) is 4.74 Å². The first-order valence-electron chi connectivity index (χ1n) is 8.39. The molecule has 1 aliphatic heterocycles. The second-order valence-electron chi connectivity index (χ2n) is 6.08. The summed E-state index contributed by atoms with van der Waals surface area (Å²) in [6, 6.07) is 9.05. The minimum absolute atomic E-state index is 0.0582. The fourth-order valence-corrected chi connectivity index (χ4v) is 4.75. The molecule has 10 heteroatoms. The van der Waals surface area contributed by atoms with Crippen LogP contribution in [-0.2, 0) is 14.8 Å². The number of benzene rings is 2. The average molecular weight is 475 g/mol. The predicted molar refractivity (Wildman–Crippen MR) is 101 cm³/mol. The number of piperazine rings is 1. The maximum Gasteiger partial charge on any atom is 0.260 e. The van der Waals surface area contributed by atoms with Gasteiger partial charge in [-0.05, 0) is 46.3 Å². The Hall–Kier alpha value is -2.04. The first-order chi connectivity index (χ1) is 13.3. The SMILES string of the molecule is O=C(COc1ccc(F)cc1Br)N1CCN(S(=O)(=O)c2ccccc2F)CC1. The van der Waals surface area contributed by atoms with Gasteiger partial charge in [0.05, 0.1) is 4.47 Å². The number of hydrogen-bond acceptors (Lipinski definition) is 4. The zero-order valence-corrected chi connectivity index (χ0v) is 17.0. The van der Waals surface area contributed by atoms with Crippen LogP contribution in [0.2, 0.25) is 0 Å². The lowest BCUT2D eigenvalue weighted by atomic mass is 10.3. The number of nitrogens with zero attached hydrogens (tertiary/aromatic N) is 2. The van der Waals surface area contributed by atoms with Gasteiger partial charge in [-0.15, -0.1) is 0 Å². The van der Waals surface area contributed by atoms with Gasteiger partial charge in [0.15, 0.2) is 6.61 Å². The van der Waals surface area contributed by atoms with Gasteiger partial charge in [-0.2, -0.15) is 4.31 Å². The van der Waals surface area contributed by atoms with Crippen LogP contribution in [0.1, 0.15) is 0 Å². The Morgan fingerprint density at radius 3 is 2.39 bits per heavy atom. The highest BCUT2D eigenvalue weighted by Gasteiger charge is 2.31. The summed E-state index contributed by atoms with van der Waals surface area (Å²) in [7, 11) is -3.96. The Labute approximate surface area is 169 Å². The van der Waals surface area contributed by atoms with Crippen molar-refractivity contribution >= 4 is 31.9 Å². The van der Waals surface area contributed by atoms with Crippen LogP contribution in [0.25, 0.3) is 0 Å². The maximum atomic E-state index is 13.9. The number of amides is 1. The van der Waals surface area contributed by atoms with Crippen LogP contribution in [-0.4, -0.2) is 56.3 Å². The van der Waals surface area contributed by atoms with E-state index in [9.17, 15) is 22.0 Å². The first-order valence-corrected chi connectivity index (χ1v) is 10.6. The van der Waals surface area contributed by atoms with Crippen molar-refractivity contribution in [3.8, 4) is 5.75 Å². The van der Waals surface area contributed by atoms with E-state index in [2.05, 4.69) is 15.9 Å². The van der Waals surface area contributed by atoms with E-state index < -0.39 is 21.7 Å². The van der Waals surface area contributed by atoms with Crippen LogP contribution in [0.5, 0.6) is 5.75 Å². The number of ether oxygens (including phenoxy) is 1. The summed E-state index contributed by atoms with van der Waals surface area (Å²) in [5.74, 6) is -1.23. The molecule has 2 aromatic rings. The van der Waals surface area contributed by atoms with Gasteiger partial charge in [-0.25, -0.2) is 17.2 Å². The fraction of sp³-hybridized carbons (Fsp3) is 0.278. The molecule has 2 aromatic carbocycles. The summed E-state index contributed by atoms with van der Waals surface area (Å²) >= 11 is 3.16. The molecule has 0 spiro atoms. The topological polar surface area (TPSA) is 66.9 Å². The third kappa shape index (κ3) is 4.50. The monoisotopic (exact) mass is 474 g/mol. The third-order valence-electron chi connectivity index (χ3n) is 4.29. The molecule has 1 aliphatic rings. The number of hydrogen-bond donors (Lipinski definition) is 0. The number of carbonyl (C=O) groups is 1. The zero-order chi connectivity index (χ0) is 20.3. The van der Waals surface area contributed by atoms with Gasteiger partial charge >= 0.3 is 0 Å². The summed E-state index contributed by atoms with van der Waals surface area (Å²) in [5.41, 5.74) is 0. The van der Waals surface area contributed by atoms with Crippen LogP contribution < -0.4 is 4.74 Å². The van der Waals surface area contributed by atoms with E-state index >= 15 is 0 Å². The molecule has 0 N–H and O–H groups in total. The van der Waals surface area contributed by atoms with Crippen molar-refractivity contribution in [2.24, 2.45) is 0 Å². The smallest absolute Gasteiger partial charge is 0.260 e. The van der Waals surface area contributed by atoms with E-state index in [0.29, 0.717) is 10.2 Å². The van der Waals surface area contributed by atoms with E-state index in [1.165, 1.54) is 41.3 Å². The van der Waals surface area contributed by atoms with Crippen molar-refractivity contribution in [2.45, 2.75) is 4.90 Å². The van der Waals surface area contributed by atoms with E-state index in [0.717, 1.165) is 10.4 Å². The van der Waals surface area contributed by atoms with Crippen molar-refractivity contribution in [2.75, 3.05) is 32.8 Å². The van der Waals surface area contributed by atoms with E-state index in [-0.39, 0.29) is 43.6 Å². The molecule has 1 fully saturated rings. The molecular formula is C18H17BrF2N2O4S. The molecule has 3 rings (SSSR count). The molecule has 0 saturated carbocycles. The van der Waals surface area contributed by atoms with Crippen LogP contribution in [0.4, 0.5) is 8.78 Å². The second kappa shape index (κ2) is 8.54. The second-order valence-corrected chi connectivity index (χ2v) is 8.84. The normalized spacial score (nSPS) is 15.5. The van der Waals surface area contributed by atoms with Crippen LogP contribution >= 0.6 is 15.9 Å². The summed E-state index contributed by atoms with van der Waals surface area (Å²) in [5, 5.41) is 0. The van der Waals surface area contributed by atoms with Gasteiger partial charge in [-0.3, -0.25) is 4.79 Å². The lowest BCUT2D eigenvalue weighted by molar-refractivity contribution is -0.134. The largest absolute Gasteiger partial charge is 0.483 e. The van der Waals surface area contributed by atoms with Crippen molar-refractivity contribution < 1.29 is 26.7 Å². The molecule has 0 bridgehead atoms. The molecule has 6 nitrogen and oxygen atoms in total. The number of carbonyl (C=O) groups excluding carboxylic acids is 1. The predicted octanol–water partition coefficient (Wildman–Crippen LogP) is 2.64. The fourth-order valence-electron chi connectivity index (χ4n) is 2.79. The molecule has 0 unspecified atom stereocenters. The van der Waals surface area contributed by atoms with Crippen LogP contribution in [0.15, 0.2) is 51.8 Å². The standard InChI is InChI=1S/C18H17BrF2N2O4S/c19-14-11-13(20)5-6-16(14)27-12-18(24)22-7-9-23(10-8-22)28(25,26)17-4-2-1-3-15(17)21/h1-6,11H,7-10,12H2. The molecule has 0 radical (unpaired) electrons. The lowest BCUT2D eigenvalue weighted by Gasteiger charge is -2.34. The zero-order valence-electron chi connectivity index (χ0n) is 14.6. The molecule has 1 heterocycles. The van der Waals surface area contributed by atoms with Gasteiger partial charge < -0.3 is 9.64 Å². The molecule has 0 aliphatic carbocycles. The minimum Gasteiger partial charge on any atom is -0.483 e. The quantitative estimate of drug-likeness (QED) is 0.667. The van der Waals surface area contributed by atoms with Crippen molar-refractivity contribution in [1.82, 2.24) is 9.21 Å². The molecule has 28 heavy (non-hydrogen) atoms. The molecule has 0 aromatic heterocycles. The molecule has 0 atom stereocenters. The summed E-state index contributed by atoms with van der Waals surface area (Å²) in [6.07, 6.45) is 0. The van der Waals surface area contributed by atoms with Gasteiger partial charge in [0.1, 0.15) is 22.3 Å². The Balaban J connectivity index is 1.57. The molecule has 1 saturated heterocycles. The Morgan fingerprint density at radius 2 is 1.75 bits per heavy atom. The van der Waals surface area contributed by atoms with Crippen LogP contribution in [0.3, 0.4) is 0 Å². The van der Waals surface area contributed by atoms with Crippen molar-refractivity contribution in [3.05, 3.63) is 58.6 Å². The average Bonchev–Trinajstić information content (AvgIpc) is 2.67. The van der Waals surface area contributed by atoms with Gasteiger partial charge in [0.2, 0.25) is 10.0 Å². The van der Waals surface area contributed by atoms with Gasteiger partial charge in [0, 0.05) is 26.2 Å². The van der Waals surface area contributed by atoms with E-state index in [1.807, 2.05) is 0 Å². The summed E-state index contributed by atoms with van der Waals surface area (Å²) in [6.45, 7) is 0.191. The molecule has 150 valence electrons. The highest BCUT2D eigenvalue weighted by molar-refractivity contribution is 9.10. The molecular weight excluding hydrogens is 458 g/mol. The Kier molecular flexibility index (Phi) is 6.31. The van der Waals surface area contributed by atoms with Crippen molar-refractivity contribution in [3.63, 3.8) is 0 Å². The first kappa shape index (κ1) is 20.7. The Morgan fingerprint density at radius 1 is 1.07 bits per heavy atom. The number of halogens is 3. The number of rotatable bonds is 5. The maximum absolute atomic E-state index is 13.9.